The van der Waals surface area contributed by atoms with Crippen molar-refractivity contribution < 1.29 is 4.74 Å². The second-order valence-electron chi connectivity index (χ2n) is 5.43. The Labute approximate surface area is 128 Å². The summed E-state index contributed by atoms with van der Waals surface area (Å²) >= 11 is 0. The molecule has 0 aliphatic rings. The van der Waals surface area contributed by atoms with Gasteiger partial charge >= 0.3 is 5.69 Å². The quantitative estimate of drug-likeness (QED) is 0.743. The molecule has 2 aromatic rings. The average molecular weight is 309 g/mol. The third-order valence-corrected chi connectivity index (χ3v) is 3.93. The topological polar surface area (TPSA) is 97.1 Å². The van der Waals surface area contributed by atoms with Crippen LogP contribution in [0.15, 0.2) is 9.59 Å². The van der Waals surface area contributed by atoms with Crippen molar-refractivity contribution in [2.45, 2.75) is 32.9 Å². The average Bonchev–Trinajstić information content (AvgIpc) is 2.78. The van der Waals surface area contributed by atoms with Crippen LogP contribution in [0.2, 0.25) is 0 Å². The molecular weight excluding hydrogens is 286 g/mol. The fourth-order valence-corrected chi connectivity index (χ4v) is 2.50. The number of aryl methyl sites for hydroxylation is 3. The van der Waals surface area contributed by atoms with Crippen molar-refractivity contribution in [2.75, 3.05) is 20.3 Å². The van der Waals surface area contributed by atoms with Gasteiger partial charge in [-0.25, -0.2) is 9.78 Å². The van der Waals surface area contributed by atoms with Gasteiger partial charge in [0.1, 0.15) is 5.82 Å². The fourth-order valence-electron chi connectivity index (χ4n) is 2.50. The number of ether oxygens (including phenoxy) is 1. The van der Waals surface area contributed by atoms with Crippen LogP contribution in [-0.4, -0.2) is 38.9 Å². The van der Waals surface area contributed by atoms with E-state index in [1.807, 2.05) is 0 Å². The summed E-state index contributed by atoms with van der Waals surface area (Å²) in [5.74, 6) is 0.685. The maximum absolute atomic E-state index is 12.7. The Bertz CT molecular complexity index is 786. The van der Waals surface area contributed by atoms with Crippen LogP contribution in [-0.2, 0) is 18.3 Å². The summed E-state index contributed by atoms with van der Waals surface area (Å²) in [5, 5.41) is 0. The molecule has 0 aromatic carbocycles. The van der Waals surface area contributed by atoms with Gasteiger partial charge in [0.25, 0.3) is 5.56 Å². The summed E-state index contributed by atoms with van der Waals surface area (Å²) in [6.07, 6.45) is 0.663. The first-order valence-electron chi connectivity index (χ1n) is 7.31. The summed E-state index contributed by atoms with van der Waals surface area (Å²) in [5.41, 5.74) is 5.78. The monoisotopic (exact) mass is 309 g/mol. The Morgan fingerprint density at radius 3 is 2.64 bits per heavy atom. The van der Waals surface area contributed by atoms with E-state index in [-0.39, 0.29) is 23.8 Å². The molecular formula is C14H23N5O3. The van der Waals surface area contributed by atoms with Gasteiger partial charge in [0.15, 0.2) is 11.2 Å². The van der Waals surface area contributed by atoms with E-state index in [1.165, 1.54) is 9.13 Å². The number of hydrogen-bond acceptors (Lipinski definition) is 5. The van der Waals surface area contributed by atoms with Gasteiger partial charge in [-0.15, -0.1) is 0 Å². The minimum absolute atomic E-state index is 0.218. The van der Waals surface area contributed by atoms with Crippen LogP contribution in [0.5, 0.6) is 0 Å². The molecule has 0 amide bonds. The van der Waals surface area contributed by atoms with E-state index in [4.69, 9.17) is 10.5 Å². The van der Waals surface area contributed by atoms with E-state index in [0.29, 0.717) is 36.6 Å². The van der Waals surface area contributed by atoms with Crippen LogP contribution in [0.1, 0.15) is 25.2 Å². The van der Waals surface area contributed by atoms with Crippen molar-refractivity contribution in [3.8, 4) is 0 Å². The predicted molar refractivity (Wildman–Crippen MR) is 84.2 cm³/mol. The first-order valence-corrected chi connectivity index (χ1v) is 7.31. The number of hydrogen-bond donors (Lipinski definition) is 1. The van der Waals surface area contributed by atoms with Gasteiger partial charge in [-0.2, -0.15) is 0 Å². The van der Waals surface area contributed by atoms with Gasteiger partial charge in [-0.1, -0.05) is 0 Å². The van der Waals surface area contributed by atoms with E-state index >= 15 is 0 Å². The number of imidazole rings is 1. The highest BCUT2D eigenvalue weighted by Gasteiger charge is 2.20. The normalized spacial score (nSPS) is 13.0. The van der Waals surface area contributed by atoms with Gasteiger partial charge in [-0.05, 0) is 20.3 Å². The van der Waals surface area contributed by atoms with Crippen molar-refractivity contribution in [1.29, 1.82) is 0 Å². The minimum Gasteiger partial charge on any atom is -0.385 e. The van der Waals surface area contributed by atoms with Crippen molar-refractivity contribution in [3.05, 3.63) is 26.7 Å². The Kier molecular flexibility index (Phi) is 4.82. The number of aromatic nitrogens is 4. The van der Waals surface area contributed by atoms with Crippen LogP contribution in [0.25, 0.3) is 11.2 Å². The Balaban J connectivity index is 2.78. The summed E-state index contributed by atoms with van der Waals surface area (Å²) < 4.78 is 9.50. The molecule has 0 aliphatic heterocycles. The van der Waals surface area contributed by atoms with Crippen molar-refractivity contribution in [2.24, 2.45) is 12.8 Å². The lowest BCUT2D eigenvalue weighted by Gasteiger charge is -2.15. The van der Waals surface area contributed by atoms with Crippen LogP contribution in [0, 0.1) is 6.92 Å². The van der Waals surface area contributed by atoms with Crippen molar-refractivity contribution in [1.82, 2.24) is 18.7 Å². The van der Waals surface area contributed by atoms with Crippen molar-refractivity contribution in [3.63, 3.8) is 0 Å². The molecule has 0 fully saturated rings. The zero-order valence-electron chi connectivity index (χ0n) is 13.5. The second-order valence-corrected chi connectivity index (χ2v) is 5.43. The highest BCUT2D eigenvalue weighted by Crippen LogP contribution is 2.10. The van der Waals surface area contributed by atoms with Crippen LogP contribution in [0.4, 0.5) is 0 Å². The summed E-state index contributed by atoms with van der Waals surface area (Å²) in [6, 6.07) is -0.367. The molecule has 2 N–H and O–H groups in total. The van der Waals surface area contributed by atoms with E-state index in [9.17, 15) is 9.59 Å². The number of nitrogens with zero attached hydrogens (tertiary/aromatic N) is 4. The van der Waals surface area contributed by atoms with E-state index in [1.54, 1.807) is 32.6 Å². The predicted octanol–water partition coefficient (Wildman–Crippen LogP) is -0.239. The minimum atomic E-state index is -0.371. The standard InChI is InChI=1S/C14H23N5O3/c1-9(8-15)19-13(20)11-12(16-10(2)17(11)3)18(14(19)21)6-5-7-22-4/h9H,5-8,15H2,1-4H3. The third-order valence-electron chi connectivity index (χ3n) is 3.93. The first kappa shape index (κ1) is 16.4. The summed E-state index contributed by atoms with van der Waals surface area (Å²) in [6.45, 7) is 4.76. The molecule has 8 heteroatoms. The third kappa shape index (κ3) is 2.59. The maximum atomic E-state index is 12.7. The molecule has 8 nitrogen and oxygen atoms in total. The highest BCUT2D eigenvalue weighted by molar-refractivity contribution is 5.71. The van der Waals surface area contributed by atoms with E-state index in [0.717, 1.165) is 0 Å². The molecule has 122 valence electrons. The molecule has 0 bridgehead atoms. The van der Waals surface area contributed by atoms with Crippen molar-refractivity contribution >= 4 is 11.2 Å². The van der Waals surface area contributed by atoms with Gasteiger partial charge < -0.3 is 15.0 Å². The lowest BCUT2D eigenvalue weighted by Crippen LogP contribution is -2.44. The molecule has 1 unspecified atom stereocenters. The van der Waals surface area contributed by atoms with E-state index in [2.05, 4.69) is 4.98 Å². The van der Waals surface area contributed by atoms with Gasteiger partial charge in [0.2, 0.25) is 0 Å². The molecule has 2 rings (SSSR count). The van der Waals surface area contributed by atoms with Crippen LogP contribution in [0.3, 0.4) is 0 Å². The zero-order chi connectivity index (χ0) is 16.4. The highest BCUT2D eigenvalue weighted by atomic mass is 16.5. The van der Waals surface area contributed by atoms with Crippen LogP contribution >= 0.6 is 0 Å². The smallest absolute Gasteiger partial charge is 0.333 e. The molecule has 0 saturated heterocycles. The van der Waals surface area contributed by atoms with E-state index < -0.39 is 0 Å². The molecule has 1 atom stereocenters. The van der Waals surface area contributed by atoms with Gasteiger partial charge in [0, 0.05) is 33.9 Å². The fraction of sp³-hybridized carbons (Fsp3) is 0.643. The lowest BCUT2D eigenvalue weighted by molar-refractivity contribution is 0.190. The Morgan fingerprint density at radius 1 is 1.36 bits per heavy atom. The van der Waals surface area contributed by atoms with Gasteiger partial charge in [0.05, 0.1) is 6.04 Å². The number of fused-ring (bicyclic) bond motifs is 1. The molecule has 0 aliphatic carbocycles. The number of methoxy groups -OCH3 is 1. The summed E-state index contributed by atoms with van der Waals surface area (Å²) in [7, 11) is 3.38. The molecule has 22 heavy (non-hydrogen) atoms. The number of nitrogens with two attached hydrogens (primary N) is 1. The lowest BCUT2D eigenvalue weighted by atomic mass is 10.3. The molecule has 0 radical (unpaired) electrons. The molecule has 2 aromatic heterocycles. The Hall–Kier alpha value is -1.93. The maximum Gasteiger partial charge on any atom is 0.333 e. The molecule has 0 saturated carbocycles. The first-order chi connectivity index (χ1) is 10.4. The van der Waals surface area contributed by atoms with Gasteiger partial charge in [-0.3, -0.25) is 13.9 Å². The second kappa shape index (κ2) is 6.45. The van der Waals surface area contributed by atoms with Crippen LogP contribution < -0.4 is 17.0 Å². The zero-order valence-corrected chi connectivity index (χ0v) is 13.5. The SMILES string of the molecule is COCCCn1c(=O)n(C(C)CN)c(=O)c2c1nc(C)n2C. The summed E-state index contributed by atoms with van der Waals surface area (Å²) in [4.78, 5) is 29.8. The number of rotatable bonds is 6. The molecule has 0 spiro atoms. The Morgan fingerprint density at radius 2 is 2.05 bits per heavy atom. The molecule has 2 heterocycles. The largest absolute Gasteiger partial charge is 0.385 e.